The topological polar surface area (TPSA) is 38.8 Å². The molecule has 19 heavy (non-hydrogen) atoms. The zero-order valence-electron chi connectivity index (χ0n) is 12.0. The lowest BCUT2D eigenvalue weighted by Gasteiger charge is -2.30. The van der Waals surface area contributed by atoms with Crippen LogP contribution in [0, 0.1) is 11.2 Å². The summed E-state index contributed by atoms with van der Waals surface area (Å²) in [5, 5.41) is 0. The van der Waals surface area contributed by atoms with Crippen molar-refractivity contribution in [1.29, 1.82) is 0 Å². The normalized spacial score (nSPS) is 11.1. The van der Waals surface area contributed by atoms with Crippen LogP contribution in [-0.4, -0.2) is 33.8 Å². The van der Waals surface area contributed by atoms with Crippen molar-refractivity contribution in [2.24, 2.45) is 5.41 Å². The summed E-state index contributed by atoms with van der Waals surface area (Å²) >= 11 is 0. The molecular formula is C14H20FNO3. The Hall–Kier alpha value is -1.78. The fourth-order valence-electron chi connectivity index (χ4n) is 1.98. The van der Waals surface area contributed by atoms with Gasteiger partial charge < -0.3 is 14.4 Å². The third kappa shape index (κ3) is 3.59. The second-order valence-electron chi connectivity index (χ2n) is 5.05. The van der Waals surface area contributed by atoms with E-state index in [-0.39, 0.29) is 11.8 Å². The summed E-state index contributed by atoms with van der Waals surface area (Å²) in [4.78, 5) is 13.4. The molecule has 0 bridgehead atoms. The van der Waals surface area contributed by atoms with Crippen LogP contribution in [0.25, 0.3) is 0 Å². The van der Waals surface area contributed by atoms with E-state index in [4.69, 9.17) is 9.47 Å². The maximum absolute atomic E-state index is 13.3. The maximum atomic E-state index is 13.3. The fraction of sp³-hybridized carbons (Fsp3) is 0.500. The van der Waals surface area contributed by atoms with E-state index in [1.165, 1.54) is 26.4 Å². The van der Waals surface area contributed by atoms with E-state index in [0.29, 0.717) is 18.0 Å². The van der Waals surface area contributed by atoms with Gasteiger partial charge in [-0.15, -0.1) is 0 Å². The molecule has 0 unspecified atom stereocenters. The average Bonchev–Trinajstić information content (AvgIpc) is 2.37. The second-order valence-corrected chi connectivity index (χ2v) is 5.05. The predicted octanol–water partition coefficient (Wildman–Crippen LogP) is 2.47. The Morgan fingerprint density at radius 1 is 1.37 bits per heavy atom. The van der Waals surface area contributed by atoms with Crippen molar-refractivity contribution in [3.8, 4) is 5.75 Å². The first-order valence-corrected chi connectivity index (χ1v) is 5.95. The first-order chi connectivity index (χ1) is 8.81. The average molecular weight is 269 g/mol. The summed E-state index contributed by atoms with van der Waals surface area (Å²) in [6.45, 7) is 3.95. The van der Waals surface area contributed by atoms with Gasteiger partial charge in [0.1, 0.15) is 11.6 Å². The van der Waals surface area contributed by atoms with Crippen LogP contribution in [0.1, 0.15) is 13.8 Å². The lowest BCUT2D eigenvalue weighted by molar-refractivity contribution is -0.150. The molecule has 0 atom stereocenters. The largest absolute Gasteiger partial charge is 0.495 e. The van der Waals surface area contributed by atoms with Crippen molar-refractivity contribution in [3.05, 3.63) is 24.0 Å². The highest BCUT2D eigenvalue weighted by Gasteiger charge is 2.31. The zero-order valence-corrected chi connectivity index (χ0v) is 12.0. The molecule has 5 heteroatoms. The van der Waals surface area contributed by atoms with Gasteiger partial charge in [0.15, 0.2) is 0 Å². The molecule has 1 aromatic carbocycles. The Morgan fingerprint density at radius 3 is 2.53 bits per heavy atom. The van der Waals surface area contributed by atoms with Crippen LogP contribution >= 0.6 is 0 Å². The van der Waals surface area contributed by atoms with Gasteiger partial charge >= 0.3 is 5.97 Å². The molecule has 0 aliphatic carbocycles. The van der Waals surface area contributed by atoms with Gasteiger partial charge in [0, 0.05) is 19.7 Å². The summed E-state index contributed by atoms with van der Waals surface area (Å²) < 4.78 is 23.3. The monoisotopic (exact) mass is 269 g/mol. The number of halogens is 1. The van der Waals surface area contributed by atoms with Crippen LogP contribution in [0.3, 0.4) is 0 Å². The van der Waals surface area contributed by atoms with Crippen molar-refractivity contribution >= 4 is 11.7 Å². The van der Waals surface area contributed by atoms with Crippen molar-refractivity contribution in [2.45, 2.75) is 13.8 Å². The minimum Gasteiger partial charge on any atom is -0.495 e. The van der Waals surface area contributed by atoms with E-state index in [0.717, 1.165) is 0 Å². The molecule has 1 rings (SSSR count). The van der Waals surface area contributed by atoms with Crippen LogP contribution in [0.5, 0.6) is 5.75 Å². The number of anilines is 1. The number of benzene rings is 1. The third-order valence-corrected chi connectivity index (χ3v) is 2.92. The molecule has 0 spiro atoms. The molecule has 0 heterocycles. The molecular weight excluding hydrogens is 249 g/mol. The summed E-state index contributed by atoms with van der Waals surface area (Å²) in [5.41, 5.74) is -0.0969. The number of rotatable bonds is 5. The second kappa shape index (κ2) is 5.91. The number of ether oxygens (including phenoxy) is 2. The zero-order chi connectivity index (χ0) is 14.6. The highest BCUT2D eigenvalue weighted by molar-refractivity contribution is 5.77. The minimum atomic E-state index is -0.694. The Kier molecular flexibility index (Phi) is 4.75. The van der Waals surface area contributed by atoms with Crippen LogP contribution in [-0.2, 0) is 9.53 Å². The lowest BCUT2D eigenvalue weighted by Crippen LogP contribution is -2.38. The van der Waals surface area contributed by atoms with Gasteiger partial charge in [0.25, 0.3) is 0 Å². The lowest BCUT2D eigenvalue weighted by atomic mass is 9.93. The first-order valence-electron chi connectivity index (χ1n) is 5.95. The molecule has 1 aromatic rings. The van der Waals surface area contributed by atoms with Crippen LogP contribution in [0.15, 0.2) is 18.2 Å². The highest BCUT2D eigenvalue weighted by atomic mass is 19.1. The van der Waals surface area contributed by atoms with Gasteiger partial charge in [-0.3, -0.25) is 4.79 Å². The van der Waals surface area contributed by atoms with Gasteiger partial charge in [-0.1, -0.05) is 0 Å². The van der Waals surface area contributed by atoms with E-state index in [9.17, 15) is 9.18 Å². The van der Waals surface area contributed by atoms with Gasteiger partial charge in [0.2, 0.25) is 0 Å². The van der Waals surface area contributed by atoms with Crippen molar-refractivity contribution < 1.29 is 18.7 Å². The quantitative estimate of drug-likeness (QED) is 0.770. The number of hydrogen-bond acceptors (Lipinski definition) is 4. The Bertz CT molecular complexity index is 460. The number of carbonyl (C=O) groups is 1. The summed E-state index contributed by atoms with van der Waals surface area (Å²) in [6.07, 6.45) is 0. The Balaban J connectivity index is 2.98. The van der Waals surface area contributed by atoms with Gasteiger partial charge in [0.05, 0.1) is 25.3 Å². The summed E-state index contributed by atoms with van der Waals surface area (Å²) in [7, 11) is 4.66. The highest BCUT2D eigenvalue weighted by Crippen LogP contribution is 2.30. The number of hydrogen-bond donors (Lipinski definition) is 0. The number of carbonyl (C=O) groups excluding carboxylic acids is 1. The summed E-state index contributed by atoms with van der Waals surface area (Å²) in [5.74, 6) is -0.0993. The van der Waals surface area contributed by atoms with Crippen LogP contribution in [0.4, 0.5) is 10.1 Å². The van der Waals surface area contributed by atoms with Gasteiger partial charge in [-0.2, -0.15) is 0 Å². The number of nitrogens with zero attached hydrogens (tertiary/aromatic N) is 1. The molecule has 0 radical (unpaired) electrons. The Labute approximate surface area is 113 Å². The van der Waals surface area contributed by atoms with E-state index in [1.54, 1.807) is 31.9 Å². The molecule has 0 amide bonds. The van der Waals surface area contributed by atoms with Gasteiger partial charge in [-0.25, -0.2) is 4.39 Å². The van der Waals surface area contributed by atoms with E-state index in [2.05, 4.69) is 0 Å². The number of esters is 1. The SMILES string of the molecule is COC(=O)C(C)(C)CN(C)c1cc(F)ccc1OC. The predicted molar refractivity (Wildman–Crippen MR) is 72.0 cm³/mol. The van der Waals surface area contributed by atoms with Crippen LogP contribution < -0.4 is 9.64 Å². The minimum absolute atomic E-state index is 0.310. The first kappa shape index (κ1) is 15.3. The smallest absolute Gasteiger partial charge is 0.313 e. The molecule has 0 saturated carbocycles. The molecule has 0 fully saturated rings. The molecule has 0 N–H and O–H groups in total. The van der Waals surface area contributed by atoms with Crippen LogP contribution in [0.2, 0.25) is 0 Å². The van der Waals surface area contributed by atoms with Crippen molar-refractivity contribution in [3.63, 3.8) is 0 Å². The molecule has 0 aliphatic heterocycles. The standard InChI is InChI=1S/C14H20FNO3/c1-14(2,13(17)19-5)9-16(3)11-8-10(15)6-7-12(11)18-4/h6-8H,9H2,1-5H3. The molecule has 0 aromatic heterocycles. The third-order valence-electron chi connectivity index (χ3n) is 2.92. The van der Waals surface area contributed by atoms with E-state index >= 15 is 0 Å². The maximum Gasteiger partial charge on any atom is 0.313 e. The van der Waals surface area contributed by atoms with Crippen molar-refractivity contribution in [2.75, 3.05) is 32.7 Å². The molecule has 0 saturated heterocycles. The van der Waals surface area contributed by atoms with E-state index in [1.807, 2.05) is 0 Å². The van der Waals surface area contributed by atoms with Gasteiger partial charge in [-0.05, 0) is 26.0 Å². The summed E-state index contributed by atoms with van der Waals surface area (Å²) in [6, 6.07) is 4.28. The Morgan fingerprint density at radius 2 is 2.00 bits per heavy atom. The number of methoxy groups -OCH3 is 2. The molecule has 106 valence electrons. The molecule has 4 nitrogen and oxygen atoms in total. The molecule has 0 aliphatic rings. The van der Waals surface area contributed by atoms with Crippen molar-refractivity contribution in [1.82, 2.24) is 0 Å². The van der Waals surface area contributed by atoms with E-state index < -0.39 is 5.41 Å². The fourth-order valence-corrected chi connectivity index (χ4v) is 1.98.